The van der Waals surface area contributed by atoms with Crippen LogP contribution in [-0.2, 0) is 22.7 Å². The van der Waals surface area contributed by atoms with Crippen molar-refractivity contribution in [2.24, 2.45) is 11.3 Å². The SMILES string of the molecule is Cc1ccc2c(C)c(C(=O)Nc3sc4c(c3C(=O)NC3CCS(=O)(=O)C3)CCC(C(C)(C)C)C4)oc2c1. The lowest BCUT2D eigenvalue weighted by Gasteiger charge is -2.33. The highest BCUT2D eigenvalue weighted by molar-refractivity contribution is 7.91. The smallest absolute Gasteiger partial charge is 0.292 e. The summed E-state index contributed by atoms with van der Waals surface area (Å²) in [6, 6.07) is 5.43. The van der Waals surface area contributed by atoms with E-state index in [-0.39, 0.29) is 28.6 Å². The minimum atomic E-state index is -3.13. The van der Waals surface area contributed by atoms with E-state index >= 15 is 0 Å². The summed E-state index contributed by atoms with van der Waals surface area (Å²) in [6.45, 7) is 10.5. The van der Waals surface area contributed by atoms with E-state index in [9.17, 15) is 18.0 Å². The van der Waals surface area contributed by atoms with E-state index in [1.807, 2.05) is 32.0 Å². The number of hydrogen-bond donors (Lipinski definition) is 2. The third-order valence-electron chi connectivity index (χ3n) is 7.81. The fourth-order valence-electron chi connectivity index (χ4n) is 5.53. The van der Waals surface area contributed by atoms with Crippen LogP contribution in [0.5, 0.6) is 0 Å². The Morgan fingerprint density at radius 3 is 2.54 bits per heavy atom. The van der Waals surface area contributed by atoms with Crippen LogP contribution in [-0.4, -0.2) is 37.8 Å². The molecule has 7 nitrogen and oxygen atoms in total. The molecule has 1 aliphatic heterocycles. The Bertz CT molecular complexity index is 1510. The van der Waals surface area contributed by atoms with Crippen LogP contribution in [0.15, 0.2) is 22.6 Å². The first-order valence-electron chi connectivity index (χ1n) is 12.8. The Kier molecular flexibility index (Phi) is 6.51. The molecule has 198 valence electrons. The molecule has 3 aromatic rings. The lowest BCUT2D eigenvalue weighted by molar-refractivity contribution is 0.0941. The third kappa shape index (κ3) is 5.08. The highest BCUT2D eigenvalue weighted by Gasteiger charge is 2.36. The lowest BCUT2D eigenvalue weighted by atomic mass is 9.72. The fourth-order valence-corrected chi connectivity index (χ4v) is 8.52. The molecule has 2 atom stereocenters. The maximum atomic E-state index is 13.5. The largest absolute Gasteiger partial charge is 0.451 e. The van der Waals surface area contributed by atoms with Gasteiger partial charge < -0.3 is 15.1 Å². The van der Waals surface area contributed by atoms with Crippen molar-refractivity contribution in [2.75, 3.05) is 16.8 Å². The van der Waals surface area contributed by atoms with Gasteiger partial charge >= 0.3 is 0 Å². The van der Waals surface area contributed by atoms with E-state index in [1.165, 1.54) is 11.3 Å². The molecule has 9 heteroatoms. The average Bonchev–Trinajstić information content (AvgIpc) is 3.44. The number of fused-ring (bicyclic) bond motifs is 2. The number of amides is 2. The minimum absolute atomic E-state index is 0.0452. The van der Waals surface area contributed by atoms with E-state index in [4.69, 9.17) is 4.42 Å². The van der Waals surface area contributed by atoms with Crippen LogP contribution >= 0.6 is 11.3 Å². The van der Waals surface area contributed by atoms with Crippen molar-refractivity contribution < 1.29 is 22.4 Å². The first-order chi connectivity index (χ1) is 17.3. The van der Waals surface area contributed by atoms with E-state index in [0.29, 0.717) is 28.5 Å². The van der Waals surface area contributed by atoms with Gasteiger partial charge in [0.05, 0.1) is 17.1 Å². The van der Waals surface area contributed by atoms with Crippen LogP contribution in [0, 0.1) is 25.2 Å². The van der Waals surface area contributed by atoms with E-state index < -0.39 is 21.8 Å². The number of carbonyl (C=O) groups excluding carboxylic acids is 2. The zero-order valence-electron chi connectivity index (χ0n) is 22.0. The summed E-state index contributed by atoms with van der Waals surface area (Å²) >= 11 is 1.45. The number of aryl methyl sites for hydroxylation is 2. The van der Waals surface area contributed by atoms with Crippen molar-refractivity contribution in [1.29, 1.82) is 0 Å². The summed E-state index contributed by atoms with van der Waals surface area (Å²) in [6.07, 6.45) is 2.96. The standard InChI is InChI=1S/C28H34N2O5S2/c1-15-6-8-19-16(2)24(35-21(19)12-15)26(32)30-27-23(25(31)29-18-10-11-37(33,34)14-18)20-9-7-17(28(3,4)5)13-22(20)36-27/h6,8,12,17-18H,7,9-11,13-14H2,1-5H3,(H,29,31)(H,30,32). The number of hydrogen-bond acceptors (Lipinski definition) is 6. The Balaban J connectivity index is 1.48. The van der Waals surface area contributed by atoms with Gasteiger partial charge in [-0.1, -0.05) is 32.9 Å². The molecule has 2 amide bonds. The molecule has 3 heterocycles. The highest BCUT2D eigenvalue weighted by Crippen LogP contribution is 2.44. The number of benzene rings is 1. The van der Waals surface area contributed by atoms with Gasteiger partial charge in [0.1, 0.15) is 10.6 Å². The van der Waals surface area contributed by atoms with Crippen molar-refractivity contribution in [3.63, 3.8) is 0 Å². The van der Waals surface area contributed by atoms with Crippen LogP contribution < -0.4 is 10.6 Å². The molecule has 1 aliphatic carbocycles. The van der Waals surface area contributed by atoms with Gasteiger partial charge in [0.2, 0.25) is 0 Å². The first kappa shape index (κ1) is 26.0. The number of thiophene rings is 1. The number of anilines is 1. The second kappa shape index (κ2) is 9.27. The van der Waals surface area contributed by atoms with E-state index in [0.717, 1.165) is 46.2 Å². The zero-order chi connectivity index (χ0) is 26.7. The zero-order valence-corrected chi connectivity index (χ0v) is 23.6. The summed E-state index contributed by atoms with van der Waals surface area (Å²) in [5, 5.41) is 7.30. The number of furan rings is 1. The van der Waals surface area contributed by atoms with Gasteiger partial charge in [0.15, 0.2) is 15.6 Å². The molecule has 0 radical (unpaired) electrons. The number of rotatable bonds is 4. The van der Waals surface area contributed by atoms with Crippen LogP contribution in [0.1, 0.15) is 76.1 Å². The lowest BCUT2D eigenvalue weighted by Crippen LogP contribution is -2.36. The molecular weight excluding hydrogens is 508 g/mol. The summed E-state index contributed by atoms with van der Waals surface area (Å²) in [4.78, 5) is 28.1. The van der Waals surface area contributed by atoms with Crippen molar-refractivity contribution in [3.8, 4) is 0 Å². The highest BCUT2D eigenvalue weighted by atomic mass is 32.2. The van der Waals surface area contributed by atoms with Crippen molar-refractivity contribution in [3.05, 3.63) is 51.1 Å². The molecule has 5 rings (SSSR count). The van der Waals surface area contributed by atoms with E-state index in [2.05, 4.69) is 31.4 Å². The first-order valence-corrected chi connectivity index (χ1v) is 15.4. The van der Waals surface area contributed by atoms with Crippen LogP contribution in [0.4, 0.5) is 5.00 Å². The molecule has 1 aromatic carbocycles. The quantitative estimate of drug-likeness (QED) is 0.457. The summed E-state index contributed by atoms with van der Waals surface area (Å²) in [5.41, 5.74) is 4.02. The normalized spacial score (nSPS) is 21.1. The van der Waals surface area contributed by atoms with Crippen molar-refractivity contribution in [1.82, 2.24) is 5.32 Å². The van der Waals surface area contributed by atoms with Gasteiger partial charge in [0.25, 0.3) is 11.8 Å². The summed E-state index contributed by atoms with van der Waals surface area (Å²) in [5.74, 6) is 0.0280. The predicted octanol–water partition coefficient (Wildman–Crippen LogP) is 5.43. The second-order valence-corrected chi connectivity index (χ2v) is 14.9. The van der Waals surface area contributed by atoms with Gasteiger partial charge in [0, 0.05) is 21.9 Å². The molecule has 0 spiro atoms. The molecule has 2 unspecified atom stereocenters. The second-order valence-electron chi connectivity index (χ2n) is 11.6. The van der Waals surface area contributed by atoms with Crippen LogP contribution in [0.25, 0.3) is 11.0 Å². The van der Waals surface area contributed by atoms with Gasteiger partial charge in [-0.25, -0.2) is 8.42 Å². The maximum Gasteiger partial charge on any atom is 0.292 e. The van der Waals surface area contributed by atoms with Crippen molar-refractivity contribution in [2.45, 2.75) is 66.3 Å². The molecule has 2 aliphatic rings. The minimum Gasteiger partial charge on any atom is -0.451 e. The summed E-state index contributed by atoms with van der Waals surface area (Å²) in [7, 11) is -3.13. The topological polar surface area (TPSA) is 105 Å². The Labute approximate surface area is 221 Å². The number of sulfone groups is 1. The summed E-state index contributed by atoms with van der Waals surface area (Å²) < 4.78 is 29.8. The molecule has 2 N–H and O–H groups in total. The van der Waals surface area contributed by atoms with Gasteiger partial charge in [-0.05, 0) is 68.1 Å². The molecule has 1 fully saturated rings. The van der Waals surface area contributed by atoms with E-state index in [1.54, 1.807) is 0 Å². The Morgan fingerprint density at radius 2 is 1.86 bits per heavy atom. The van der Waals surface area contributed by atoms with Gasteiger partial charge in [-0.3, -0.25) is 9.59 Å². The van der Waals surface area contributed by atoms with Gasteiger partial charge in [-0.2, -0.15) is 0 Å². The number of nitrogens with one attached hydrogen (secondary N) is 2. The van der Waals surface area contributed by atoms with Gasteiger partial charge in [-0.15, -0.1) is 11.3 Å². The third-order valence-corrected chi connectivity index (χ3v) is 10.7. The number of carbonyl (C=O) groups is 2. The predicted molar refractivity (Wildman–Crippen MR) is 147 cm³/mol. The van der Waals surface area contributed by atoms with Crippen LogP contribution in [0.3, 0.4) is 0 Å². The average molecular weight is 543 g/mol. The van der Waals surface area contributed by atoms with Crippen LogP contribution in [0.2, 0.25) is 0 Å². The Hall–Kier alpha value is -2.65. The fraction of sp³-hybridized carbons (Fsp3) is 0.500. The Morgan fingerprint density at radius 1 is 1.11 bits per heavy atom. The molecule has 37 heavy (non-hydrogen) atoms. The van der Waals surface area contributed by atoms with Crippen molar-refractivity contribution >= 4 is 49.0 Å². The monoisotopic (exact) mass is 542 g/mol. The molecular formula is C28H34N2O5S2. The maximum absolute atomic E-state index is 13.5. The molecule has 1 saturated heterocycles. The molecule has 0 bridgehead atoms. The molecule has 0 saturated carbocycles. The molecule has 2 aromatic heterocycles.